The number of rotatable bonds is 6. The molecule has 62 valence electrons. The minimum absolute atomic E-state index is 0.329. The lowest BCUT2D eigenvalue weighted by Crippen LogP contribution is -2.02. The lowest BCUT2D eigenvalue weighted by Gasteiger charge is -1.94. The molecule has 0 amide bonds. The topological polar surface area (TPSA) is 55.8 Å². The molecule has 0 atom stereocenters. The van der Waals surface area contributed by atoms with E-state index in [1.54, 1.807) is 6.08 Å². The Hall–Kier alpha value is -1.45. The van der Waals surface area contributed by atoms with Crippen molar-refractivity contribution < 1.29 is 19.4 Å². The van der Waals surface area contributed by atoms with Crippen LogP contribution in [0, 0.1) is 0 Å². The normalized spacial score (nSPS) is 9.45. The number of hydrogen-bond donors (Lipinski definition) is 1. The van der Waals surface area contributed by atoms with Crippen LogP contribution in [0.5, 0.6) is 0 Å². The van der Waals surface area contributed by atoms with Gasteiger partial charge in [-0.3, -0.25) is 0 Å². The quantitative estimate of drug-likeness (QED) is 0.458. The maximum Gasteiger partial charge on any atom is 0.341 e. The second-order valence-corrected chi connectivity index (χ2v) is 1.58. The molecule has 4 nitrogen and oxygen atoms in total. The molecule has 0 aliphatic heterocycles. The van der Waals surface area contributed by atoms with E-state index in [1.807, 2.05) is 0 Å². The van der Waals surface area contributed by atoms with Crippen LogP contribution in [0.1, 0.15) is 0 Å². The molecule has 0 heterocycles. The van der Waals surface area contributed by atoms with Crippen LogP contribution < -0.4 is 0 Å². The summed E-state index contributed by atoms with van der Waals surface area (Å²) < 4.78 is 9.24. The molecular weight excluding hydrogens is 148 g/mol. The molecule has 0 aromatic carbocycles. The summed E-state index contributed by atoms with van der Waals surface area (Å²) in [6, 6.07) is 0. The van der Waals surface area contributed by atoms with Gasteiger partial charge in [0.05, 0.1) is 12.5 Å². The molecule has 0 bridgehead atoms. The van der Waals surface area contributed by atoms with E-state index < -0.39 is 5.97 Å². The molecule has 0 saturated heterocycles. The SMILES string of the molecule is C=COC/C=C\OCC(=O)O. The first-order chi connectivity index (χ1) is 5.27. The average molecular weight is 158 g/mol. The largest absolute Gasteiger partial charge is 0.498 e. The summed E-state index contributed by atoms with van der Waals surface area (Å²) in [7, 11) is 0. The molecule has 0 aromatic heterocycles. The van der Waals surface area contributed by atoms with Gasteiger partial charge >= 0.3 is 5.97 Å². The summed E-state index contributed by atoms with van der Waals surface area (Å²) in [5.41, 5.74) is 0. The molecular formula is C7H10O4. The first kappa shape index (κ1) is 9.55. The Kier molecular flexibility index (Phi) is 5.79. The number of aliphatic carboxylic acids is 1. The Balaban J connectivity index is 3.16. The zero-order valence-electron chi connectivity index (χ0n) is 6.03. The second-order valence-electron chi connectivity index (χ2n) is 1.58. The Morgan fingerprint density at radius 2 is 2.27 bits per heavy atom. The lowest BCUT2D eigenvalue weighted by molar-refractivity contribution is -0.140. The van der Waals surface area contributed by atoms with Crippen molar-refractivity contribution in [2.75, 3.05) is 13.2 Å². The summed E-state index contributed by atoms with van der Waals surface area (Å²) in [6.45, 7) is 3.32. The zero-order chi connectivity index (χ0) is 8.53. The molecule has 0 aliphatic rings. The molecule has 0 unspecified atom stereocenters. The van der Waals surface area contributed by atoms with Gasteiger partial charge in [-0.15, -0.1) is 0 Å². The predicted octanol–water partition coefficient (Wildman–Crippen LogP) is 0.761. The van der Waals surface area contributed by atoms with Gasteiger partial charge in [-0.25, -0.2) is 4.79 Å². The standard InChI is InChI=1S/C7H10O4/c1-2-10-4-3-5-11-6-7(8)9/h2-3,5H,1,4,6H2,(H,8,9)/b5-3-. The van der Waals surface area contributed by atoms with Crippen LogP contribution in [-0.4, -0.2) is 24.3 Å². The van der Waals surface area contributed by atoms with E-state index in [2.05, 4.69) is 11.3 Å². The Labute approximate surface area is 64.7 Å². The van der Waals surface area contributed by atoms with E-state index in [0.717, 1.165) is 0 Å². The van der Waals surface area contributed by atoms with E-state index in [4.69, 9.17) is 9.84 Å². The number of carbonyl (C=O) groups is 1. The van der Waals surface area contributed by atoms with Gasteiger partial charge in [0.25, 0.3) is 0 Å². The average Bonchev–Trinajstić information content (AvgIpc) is 1.96. The van der Waals surface area contributed by atoms with Gasteiger partial charge in [-0.05, 0) is 6.08 Å². The maximum atomic E-state index is 9.88. The van der Waals surface area contributed by atoms with Crippen LogP contribution >= 0.6 is 0 Å². The van der Waals surface area contributed by atoms with Gasteiger partial charge < -0.3 is 14.6 Å². The van der Waals surface area contributed by atoms with Gasteiger partial charge in [0.1, 0.15) is 6.61 Å². The summed E-state index contributed by atoms with van der Waals surface area (Å²) in [4.78, 5) is 9.88. The molecule has 0 saturated carbocycles. The van der Waals surface area contributed by atoms with Crippen molar-refractivity contribution in [3.8, 4) is 0 Å². The first-order valence-electron chi connectivity index (χ1n) is 2.98. The Morgan fingerprint density at radius 3 is 2.82 bits per heavy atom. The minimum atomic E-state index is -1.00. The van der Waals surface area contributed by atoms with Gasteiger partial charge in [0.15, 0.2) is 6.61 Å². The summed E-state index contributed by atoms with van der Waals surface area (Å²) in [5.74, 6) is -1.00. The molecule has 4 heteroatoms. The van der Waals surface area contributed by atoms with Crippen LogP contribution in [0.3, 0.4) is 0 Å². The number of carboxylic acid groups (broad SMARTS) is 1. The molecule has 1 N–H and O–H groups in total. The van der Waals surface area contributed by atoms with Gasteiger partial charge in [-0.1, -0.05) is 6.58 Å². The smallest absolute Gasteiger partial charge is 0.341 e. The van der Waals surface area contributed by atoms with E-state index in [0.29, 0.717) is 6.61 Å². The van der Waals surface area contributed by atoms with Crippen LogP contribution in [0.2, 0.25) is 0 Å². The zero-order valence-corrected chi connectivity index (χ0v) is 6.03. The fourth-order valence-corrected chi connectivity index (χ4v) is 0.350. The third-order valence-electron chi connectivity index (χ3n) is 0.710. The fraction of sp³-hybridized carbons (Fsp3) is 0.286. The van der Waals surface area contributed by atoms with E-state index >= 15 is 0 Å². The van der Waals surface area contributed by atoms with Crippen molar-refractivity contribution >= 4 is 5.97 Å². The van der Waals surface area contributed by atoms with E-state index in [1.165, 1.54) is 12.5 Å². The van der Waals surface area contributed by atoms with Crippen molar-refractivity contribution in [1.82, 2.24) is 0 Å². The highest BCUT2D eigenvalue weighted by Crippen LogP contribution is 1.80. The molecule has 0 spiro atoms. The number of ether oxygens (including phenoxy) is 2. The fourth-order valence-electron chi connectivity index (χ4n) is 0.350. The highest BCUT2D eigenvalue weighted by molar-refractivity contribution is 5.68. The van der Waals surface area contributed by atoms with Gasteiger partial charge in [-0.2, -0.15) is 0 Å². The van der Waals surface area contributed by atoms with E-state index in [-0.39, 0.29) is 6.61 Å². The van der Waals surface area contributed by atoms with Crippen molar-refractivity contribution in [2.24, 2.45) is 0 Å². The van der Waals surface area contributed by atoms with Crippen molar-refractivity contribution in [1.29, 1.82) is 0 Å². The van der Waals surface area contributed by atoms with Gasteiger partial charge in [0, 0.05) is 0 Å². The number of carboxylic acids is 1. The minimum Gasteiger partial charge on any atom is -0.498 e. The molecule has 0 aliphatic carbocycles. The molecule has 0 aromatic rings. The van der Waals surface area contributed by atoms with Crippen LogP contribution in [0.4, 0.5) is 0 Å². The maximum absolute atomic E-state index is 9.88. The Bertz CT molecular complexity index is 151. The molecule has 0 rings (SSSR count). The molecule has 11 heavy (non-hydrogen) atoms. The van der Waals surface area contributed by atoms with Crippen LogP contribution in [-0.2, 0) is 14.3 Å². The number of hydrogen-bond acceptors (Lipinski definition) is 3. The second kappa shape index (κ2) is 6.67. The molecule has 0 fully saturated rings. The highest BCUT2D eigenvalue weighted by Gasteiger charge is 1.90. The predicted molar refractivity (Wildman–Crippen MR) is 38.9 cm³/mol. The van der Waals surface area contributed by atoms with Crippen LogP contribution in [0.15, 0.2) is 25.2 Å². The monoisotopic (exact) mass is 158 g/mol. The van der Waals surface area contributed by atoms with Gasteiger partial charge in [0.2, 0.25) is 0 Å². The molecule has 0 radical (unpaired) electrons. The third kappa shape index (κ3) is 8.55. The lowest BCUT2D eigenvalue weighted by atomic mass is 10.6. The van der Waals surface area contributed by atoms with Crippen molar-refractivity contribution in [2.45, 2.75) is 0 Å². The summed E-state index contributed by atoms with van der Waals surface area (Å²) in [5, 5.41) is 8.11. The summed E-state index contributed by atoms with van der Waals surface area (Å²) >= 11 is 0. The van der Waals surface area contributed by atoms with Crippen molar-refractivity contribution in [3.05, 3.63) is 25.2 Å². The summed E-state index contributed by atoms with van der Waals surface area (Å²) in [6.07, 6.45) is 4.11. The van der Waals surface area contributed by atoms with E-state index in [9.17, 15) is 4.79 Å². The van der Waals surface area contributed by atoms with Crippen molar-refractivity contribution in [3.63, 3.8) is 0 Å². The Morgan fingerprint density at radius 1 is 1.55 bits per heavy atom. The van der Waals surface area contributed by atoms with Crippen LogP contribution in [0.25, 0.3) is 0 Å². The first-order valence-corrected chi connectivity index (χ1v) is 2.98. The highest BCUT2D eigenvalue weighted by atomic mass is 16.5. The third-order valence-corrected chi connectivity index (χ3v) is 0.710.